The van der Waals surface area contributed by atoms with Crippen molar-refractivity contribution in [2.24, 2.45) is 7.05 Å². The number of carbonyl (C=O) groups excluding carboxylic acids is 1. The summed E-state index contributed by atoms with van der Waals surface area (Å²) in [6.07, 6.45) is 5.24. The van der Waals surface area contributed by atoms with Crippen LogP contribution in [0, 0.1) is 0 Å². The Morgan fingerprint density at radius 1 is 1.24 bits per heavy atom. The molecule has 2 aromatic heterocycles. The molecule has 0 spiro atoms. The highest BCUT2D eigenvalue weighted by Gasteiger charge is 2.08. The van der Waals surface area contributed by atoms with Crippen LogP contribution in [0.25, 0.3) is 11.3 Å². The van der Waals surface area contributed by atoms with Gasteiger partial charge in [-0.2, -0.15) is 5.10 Å². The van der Waals surface area contributed by atoms with E-state index in [1.807, 2.05) is 31.3 Å². The predicted molar refractivity (Wildman–Crippen MR) is 95.3 cm³/mol. The topological polar surface area (TPSA) is 81.1 Å². The van der Waals surface area contributed by atoms with Crippen LogP contribution in [0.2, 0.25) is 0 Å². The first-order chi connectivity index (χ1) is 12.2. The van der Waals surface area contributed by atoms with E-state index >= 15 is 0 Å². The van der Waals surface area contributed by atoms with Gasteiger partial charge in [-0.05, 0) is 29.8 Å². The van der Waals surface area contributed by atoms with Gasteiger partial charge in [-0.15, -0.1) is 0 Å². The molecule has 7 nitrogen and oxygen atoms in total. The molecule has 2 heterocycles. The smallest absolute Gasteiger partial charge is 0.319 e. The number of benzene rings is 1. The molecule has 0 radical (unpaired) electrons. The van der Waals surface area contributed by atoms with Crippen molar-refractivity contribution >= 4 is 11.7 Å². The summed E-state index contributed by atoms with van der Waals surface area (Å²) >= 11 is 0. The number of rotatable bonds is 5. The molecule has 0 saturated heterocycles. The standard InChI is InChI=1S/C18H19N5O2/c1-23-16(7-8-21-23)14-9-13(10-19-12-14)11-20-18(24)22-15-5-3-4-6-17(15)25-2/h3-10,12H,11H2,1-2H3,(H2,20,22,24). The van der Waals surface area contributed by atoms with Gasteiger partial charge in [0.25, 0.3) is 0 Å². The number of pyridine rings is 1. The van der Waals surface area contributed by atoms with E-state index in [0.29, 0.717) is 18.0 Å². The molecule has 128 valence electrons. The maximum Gasteiger partial charge on any atom is 0.319 e. The summed E-state index contributed by atoms with van der Waals surface area (Å²) in [6, 6.07) is 10.8. The molecular formula is C18H19N5O2. The Hall–Kier alpha value is -3.35. The van der Waals surface area contributed by atoms with Gasteiger partial charge in [-0.3, -0.25) is 9.67 Å². The molecular weight excluding hydrogens is 318 g/mol. The van der Waals surface area contributed by atoms with E-state index < -0.39 is 0 Å². The molecule has 0 aliphatic carbocycles. The lowest BCUT2D eigenvalue weighted by Gasteiger charge is -2.11. The summed E-state index contributed by atoms with van der Waals surface area (Å²) in [5.74, 6) is 0.609. The predicted octanol–water partition coefficient (Wildman–Crippen LogP) is 2.81. The quantitative estimate of drug-likeness (QED) is 0.750. The molecule has 2 amide bonds. The van der Waals surface area contributed by atoms with E-state index in [2.05, 4.69) is 20.7 Å². The van der Waals surface area contributed by atoms with Gasteiger partial charge in [-0.1, -0.05) is 12.1 Å². The summed E-state index contributed by atoms with van der Waals surface area (Å²) in [4.78, 5) is 16.3. The Morgan fingerprint density at radius 3 is 2.84 bits per heavy atom. The Morgan fingerprint density at radius 2 is 2.08 bits per heavy atom. The normalized spacial score (nSPS) is 10.3. The molecule has 0 aliphatic heterocycles. The molecule has 0 bridgehead atoms. The summed E-state index contributed by atoms with van der Waals surface area (Å²) in [5, 5.41) is 9.75. The number of nitrogens with one attached hydrogen (secondary N) is 2. The number of amides is 2. The average Bonchev–Trinajstić information content (AvgIpc) is 3.07. The maximum absolute atomic E-state index is 12.1. The van der Waals surface area contributed by atoms with Crippen molar-refractivity contribution in [3.05, 3.63) is 60.6 Å². The third-order valence-corrected chi connectivity index (χ3v) is 3.72. The van der Waals surface area contributed by atoms with Gasteiger partial charge in [0.15, 0.2) is 0 Å². The number of aryl methyl sites for hydroxylation is 1. The molecule has 1 aromatic carbocycles. The van der Waals surface area contributed by atoms with Crippen LogP contribution < -0.4 is 15.4 Å². The summed E-state index contributed by atoms with van der Waals surface area (Å²) < 4.78 is 7.00. The average molecular weight is 337 g/mol. The molecule has 0 fully saturated rings. The zero-order chi connectivity index (χ0) is 17.6. The van der Waals surface area contributed by atoms with Gasteiger partial charge >= 0.3 is 6.03 Å². The lowest BCUT2D eigenvalue weighted by molar-refractivity contribution is 0.251. The van der Waals surface area contributed by atoms with Gasteiger partial charge in [0, 0.05) is 37.7 Å². The zero-order valence-electron chi connectivity index (χ0n) is 14.1. The number of anilines is 1. The SMILES string of the molecule is COc1ccccc1NC(=O)NCc1cncc(-c2ccnn2C)c1. The van der Waals surface area contributed by atoms with Gasteiger partial charge < -0.3 is 15.4 Å². The summed E-state index contributed by atoms with van der Waals surface area (Å²) in [6.45, 7) is 0.361. The lowest BCUT2D eigenvalue weighted by Crippen LogP contribution is -2.28. The largest absolute Gasteiger partial charge is 0.495 e. The molecule has 2 N–H and O–H groups in total. The van der Waals surface area contributed by atoms with Crippen LogP contribution in [0.5, 0.6) is 5.75 Å². The molecule has 25 heavy (non-hydrogen) atoms. The van der Waals surface area contributed by atoms with Gasteiger partial charge in [0.05, 0.1) is 18.5 Å². The monoisotopic (exact) mass is 337 g/mol. The lowest BCUT2D eigenvalue weighted by atomic mass is 10.1. The molecule has 0 atom stereocenters. The minimum Gasteiger partial charge on any atom is -0.495 e. The molecule has 3 aromatic rings. The van der Waals surface area contributed by atoms with Gasteiger partial charge in [0.1, 0.15) is 5.75 Å². The van der Waals surface area contributed by atoms with Crippen LogP contribution in [0.3, 0.4) is 0 Å². The van der Waals surface area contributed by atoms with Crippen molar-refractivity contribution in [1.82, 2.24) is 20.1 Å². The third kappa shape index (κ3) is 3.95. The Kier molecular flexibility index (Phi) is 4.94. The van der Waals surface area contributed by atoms with Crippen molar-refractivity contribution < 1.29 is 9.53 Å². The second kappa shape index (κ2) is 7.48. The number of ether oxygens (including phenoxy) is 1. The van der Waals surface area contributed by atoms with E-state index in [0.717, 1.165) is 16.8 Å². The van der Waals surface area contributed by atoms with E-state index in [4.69, 9.17) is 4.74 Å². The zero-order valence-corrected chi connectivity index (χ0v) is 14.1. The van der Waals surface area contributed by atoms with Crippen LogP contribution in [-0.4, -0.2) is 27.9 Å². The number of urea groups is 1. The van der Waals surface area contributed by atoms with Crippen LogP contribution in [0.15, 0.2) is 55.0 Å². The fourth-order valence-corrected chi connectivity index (χ4v) is 2.48. The van der Waals surface area contributed by atoms with Crippen molar-refractivity contribution in [3.63, 3.8) is 0 Å². The molecule has 0 unspecified atom stereocenters. The van der Waals surface area contributed by atoms with Gasteiger partial charge in [-0.25, -0.2) is 4.79 Å². The second-order valence-electron chi connectivity index (χ2n) is 5.43. The van der Waals surface area contributed by atoms with Crippen LogP contribution in [-0.2, 0) is 13.6 Å². The van der Waals surface area contributed by atoms with Crippen LogP contribution in [0.1, 0.15) is 5.56 Å². The number of nitrogens with zero attached hydrogens (tertiary/aromatic N) is 3. The molecule has 3 rings (SSSR count). The molecule has 7 heteroatoms. The minimum absolute atomic E-state index is 0.310. The summed E-state index contributed by atoms with van der Waals surface area (Å²) in [5.41, 5.74) is 3.43. The van der Waals surface area contributed by atoms with Crippen molar-refractivity contribution in [2.45, 2.75) is 6.54 Å². The minimum atomic E-state index is -0.310. The van der Waals surface area contributed by atoms with E-state index in [1.54, 1.807) is 42.5 Å². The molecule has 0 aliphatic rings. The first-order valence-corrected chi connectivity index (χ1v) is 7.77. The van der Waals surface area contributed by atoms with Crippen LogP contribution in [0.4, 0.5) is 10.5 Å². The Balaban J connectivity index is 1.64. The number of para-hydroxylation sites is 2. The first-order valence-electron chi connectivity index (χ1n) is 7.77. The number of hydrogen-bond acceptors (Lipinski definition) is 4. The van der Waals surface area contributed by atoms with Crippen molar-refractivity contribution in [3.8, 4) is 17.0 Å². The van der Waals surface area contributed by atoms with Crippen molar-refractivity contribution in [1.29, 1.82) is 0 Å². The van der Waals surface area contributed by atoms with E-state index in [1.165, 1.54) is 0 Å². The number of methoxy groups -OCH3 is 1. The third-order valence-electron chi connectivity index (χ3n) is 3.72. The highest BCUT2D eigenvalue weighted by atomic mass is 16.5. The van der Waals surface area contributed by atoms with Gasteiger partial charge in [0.2, 0.25) is 0 Å². The van der Waals surface area contributed by atoms with E-state index in [9.17, 15) is 4.79 Å². The van der Waals surface area contributed by atoms with Crippen LogP contribution >= 0.6 is 0 Å². The second-order valence-corrected chi connectivity index (χ2v) is 5.43. The number of carbonyl (C=O) groups is 1. The highest BCUT2D eigenvalue weighted by molar-refractivity contribution is 5.90. The van der Waals surface area contributed by atoms with Crippen molar-refractivity contribution in [2.75, 3.05) is 12.4 Å². The molecule has 0 saturated carbocycles. The highest BCUT2D eigenvalue weighted by Crippen LogP contribution is 2.23. The fraction of sp³-hybridized carbons (Fsp3) is 0.167. The maximum atomic E-state index is 12.1. The fourth-order valence-electron chi connectivity index (χ4n) is 2.48. The Bertz CT molecular complexity index is 875. The number of aromatic nitrogens is 3. The summed E-state index contributed by atoms with van der Waals surface area (Å²) in [7, 11) is 3.44. The van der Waals surface area contributed by atoms with E-state index in [-0.39, 0.29) is 6.03 Å². The Labute approximate surface area is 145 Å². The number of hydrogen-bond donors (Lipinski definition) is 2. The first kappa shape index (κ1) is 16.5.